The van der Waals surface area contributed by atoms with Crippen molar-refractivity contribution in [2.75, 3.05) is 26.2 Å². The average Bonchev–Trinajstić information content (AvgIpc) is 3.08. The van der Waals surface area contributed by atoms with Crippen LogP contribution in [-0.2, 0) is 13.0 Å². The summed E-state index contributed by atoms with van der Waals surface area (Å²) >= 11 is 1.76. The molecule has 7 heteroatoms. The van der Waals surface area contributed by atoms with Gasteiger partial charge >= 0.3 is 0 Å². The molecule has 154 valence electrons. The normalized spacial score (nSPS) is 17.8. The quantitative estimate of drug-likeness (QED) is 0.336. The second-order valence-corrected chi connectivity index (χ2v) is 8.40. The van der Waals surface area contributed by atoms with Crippen LogP contribution in [-0.4, -0.2) is 48.1 Å². The topological polar surface area (TPSA) is 52.6 Å². The molecule has 1 aromatic heterocycles. The number of rotatable bonds is 7. The Hall–Kier alpha value is -1.19. The fourth-order valence-corrected chi connectivity index (χ4v) is 4.23. The number of piperidine rings is 1. The van der Waals surface area contributed by atoms with Crippen molar-refractivity contribution in [3.8, 4) is 0 Å². The van der Waals surface area contributed by atoms with Crippen molar-refractivity contribution >= 4 is 41.3 Å². The molecule has 0 radical (unpaired) electrons. The first kappa shape index (κ1) is 23.1. The van der Waals surface area contributed by atoms with Crippen molar-refractivity contribution in [2.24, 2.45) is 4.99 Å². The van der Waals surface area contributed by atoms with E-state index >= 15 is 0 Å². The molecule has 1 aliphatic rings. The fourth-order valence-electron chi connectivity index (χ4n) is 3.45. The lowest BCUT2D eigenvalue weighted by atomic mass is 10.0. The van der Waals surface area contributed by atoms with Crippen LogP contribution in [0, 0.1) is 6.92 Å². The number of nitrogens with one attached hydrogen (secondary N) is 2. The van der Waals surface area contributed by atoms with Crippen molar-refractivity contribution < 1.29 is 0 Å². The molecule has 5 nitrogen and oxygen atoms in total. The highest BCUT2D eigenvalue weighted by atomic mass is 127. The van der Waals surface area contributed by atoms with Crippen LogP contribution in [0.4, 0.5) is 0 Å². The zero-order valence-electron chi connectivity index (χ0n) is 16.9. The Labute approximate surface area is 190 Å². The third-order valence-corrected chi connectivity index (χ3v) is 5.68. The maximum Gasteiger partial charge on any atom is 0.191 e. The predicted molar refractivity (Wildman–Crippen MR) is 130 cm³/mol. The summed E-state index contributed by atoms with van der Waals surface area (Å²) < 4.78 is 0. The Morgan fingerprint density at radius 1 is 1.32 bits per heavy atom. The Kier molecular flexibility index (Phi) is 10.2. The number of hydrogen-bond donors (Lipinski definition) is 2. The van der Waals surface area contributed by atoms with Crippen molar-refractivity contribution in [1.29, 1.82) is 0 Å². The molecule has 1 saturated heterocycles. The molecule has 2 heterocycles. The first-order valence-corrected chi connectivity index (χ1v) is 10.8. The molecule has 0 saturated carbocycles. The predicted octanol–water partition coefficient (Wildman–Crippen LogP) is 3.83. The number of guanidine groups is 1. The summed E-state index contributed by atoms with van der Waals surface area (Å²) in [5.41, 5.74) is 1.39. The molecular weight excluding hydrogens is 481 g/mol. The first-order valence-electron chi connectivity index (χ1n) is 9.95. The third-order valence-electron chi connectivity index (χ3n) is 4.70. The van der Waals surface area contributed by atoms with Gasteiger partial charge in [0.2, 0.25) is 0 Å². The summed E-state index contributed by atoms with van der Waals surface area (Å²) in [7, 11) is 0. The van der Waals surface area contributed by atoms with Gasteiger partial charge in [-0.2, -0.15) is 0 Å². The molecule has 1 aromatic carbocycles. The van der Waals surface area contributed by atoms with E-state index in [0.29, 0.717) is 6.04 Å². The van der Waals surface area contributed by atoms with Gasteiger partial charge in [0.1, 0.15) is 0 Å². The van der Waals surface area contributed by atoms with Crippen molar-refractivity contribution in [2.45, 2.75) is 45.7 Å². The van der Waals surface area contributed by atoms with Gasteiger partial charge in [0.15, 0.2) is 5.96 Å². The van der Waals surface area contributed by atoms with Crippen molar-refractivity contribution in [3.63, 3.8) is 0 Å². The van der Waals surface area contributed by atoms with Gasteiger partial charge in [0.25, 0.3) is 0 Å². The lowest BCUT2D eigenvalue weighted by Gasteiger charge is -2.34. The van der Waals surface area contributed by atoms with Crippen LogP contribution in [0.1, 0.15) is 35.2 Å². The summed E-state index contributed by atoms with van der Waals surface area (Å²) in [4.78, 5) is 13.0. The number of likely N-dealkylation sites (tertiary alicyclic amines) is 1. The second-order valence-electron chi connectivity index (χ2n) is 7.08. The maximum atomic E-state index is 4.76. The van der Waals surface area contributed by atoms with E-state index in [4.69, 9.17) is 4.99 Å². The van der Waals surface area contributed by atoms with Gasteiger partial charge in [-0.1, -0.05) is 30.3 Å². The fraction of sp³-hybridized carbons (Fsp3) is 0.524. The van der Waals surface area contributed by atoms with E-state index in [1.807, 2.05) is 6.20 Å². The minimum Gasteiger partial charge on any atom is -0.357 e. The van der Waals surface area contributed by atoms with Crippen LogP contribution in [0.3, 0.4) is 0 Å². The van der Waals surface area contributed by atoms with Crippen LogP contribution in [0.5, 0.6) is 0 Å². The number of thiazole rings is 1. The lowest BCUT2D eigenvalue weighted by molar-refractivity contribution is 0.192. The molecular formula is C21H32IN5S. The molecule has 0 aliphatic carbocycles. The standard InChI is InChI=1S/C21H31N5S.HI/c1-3-22-21(23-12-11-20-24-14-17(2)27-20)25-19-10-7-13-26(16-19)15-18-8-5-4-6-9-18;/h4-6,8-9,14,19H,3,7,10-13,15-16H2,1-2H3,(H2,22,23,25);1H. The number of nitrogens with zero attached hydrogens (tertiary/aromatic N) is 3. The summed E-state index contributed by atoms with van der Waals surface area (Å²) in [6.07, 6.45) is 5.26. The van der Waals surface area contributed by atoms with Crippen LogP contribution in [0.25, 0.3) is 0 Å². The molecule has 2 N–H and O–H groups in total. The summed E-state index contributed by atoms with van der Waals surface area (Å²) in [5.74, 6) is 0.928. The van der Waals surface area contributed by atoms with Gasteiger partial charge in [-0.25, -0.2) is 4.98 Å². The molecule has 0 amide bonds. The summed E-state index contributed by atoms with van der Waals surface area (Å²) in [5, 5.41) is 8.20. The number of aromatic nitrogens is 1. The van der Waals surface area contributed by atoms with E-state index in [1.165, 1.54) is 34.8 Å². The highest BCUT2D eigenvalue weighted by Crippen LogP contribution is 2.14. The smallest absolute Gasteiger partial charge is 0.191 e. The van der Waals surface area contributed by atoms with Gasteiger partial charge in [-0.15, -0.1) is 35.3 Å². The molecule has 1 fully saturated rings. The van der Waals surface area contributed by atoms with E-state index in [-0.39, 0.29) is 24.0 Å². The number of benzene rings is 1. The number of aliphatic imine (C=N–C) groups is 1. The monoisotopic (exact) mass is 513 g/mol. The average molecular weight is 513 g/mol. The third kappa shape index (κ3) is 7.67. The van der Waals surface area contributed by atoms with Crippen molar-refractivity contribution in [3.05, 3.63) is 52.0 Å². The molecule has 0 bridgehead atoms. The van der Waals surface area contributed by atoms with E-state index in [0.717, 1.165) is 38.6 Å². The molecule has 3 rings (SSSR count). The molecule has 2 aromatic rings. The van der Waals surface area contributed by atoms with E-state index < -0.39 is 0 Å². The zero-order valence-corrected chi connectivity index (χ0v) is 20.0. The molecule has 28 heavy (non-hydrogen) atoms. The van der Waals surface area contributed by atoms with E-state index in [2.05, 4.69) is 64.7 Å². The van der Waals surface area contributed by atoms with E-state index in [9.17, 15) is 0 Å². The molecule has 1 unspecified atom stereocenters. The lowest BCUT2D eigenvalue weighted by Crippen LogP contribution is -2.51. The van der Waals surface area contributed by atoms with Gasteiger partial charge in [0, 0.05) is 49.7 Å². The molecule has 1 atom stereocenters. The summed E-state index contributed by atoms with van der Waals surface area (Å²) in [6.45, 7) is 9.11. The first-order chi connectivity index (χ1) is 13.2. The molecule has 1 aliphatic heterocycles. The van der Waals surface area contributed by atoms with Crippen molar-refractivity contribution in [1.82, 2.24) is 20.5 Å². The minimum absolute atomic E-state index is 0. The zero-order chi connectivity index (χ0) is 18.9. The number of halogens is 1. The van der Waals surface area contributed by atoms with Gasteiger partial charge < -0.3 is 10.6 Å². The van der Waals surface area contributed by atoms with Gasteiger partial charge in [-0.3, -0.25) is 9.89 Å². The van der Waals surface area contributed by atoms with Gasteiger partial charge in [0.05, 0.1) is 5.01 Å². The Morgan fingerprint density at radius 3 is 2.86 bits per heavy atom. The van der Waals surface area contributed by atoms with Crippen LogP contribution >= 0.6 is 35.3 Å². The maximum absolute atomic E-state index is 4.76. The van der Waals surface area contributed by atoms with Crippen LogP contribution in [0.2, 0.25) is 0 Å². The number of hydrogen-bond acceptors (Lipinski definition) is 4. The van der Waals surface area contributed by atoms with Crippen LogP contribution < -0.4 is 10.6 Å². The Balaban J connectivity index is 0.00000280. The van der Waals surface area contributed by atoms with Gasteiger partial charge in [-0.05, 0) is 38.8 Å². The minimum atomic E-state index is 0. The largest absolute Gasteiger partial charge is 0.357 e. The highest BCUT2D eigenvalue weighted by molar-refractivity contribution is 14.0. The van der Waals surface area contributed by atoms with E-state index in [1.54, 1.807) is 11.3 Å². The van der Waals surface area contributed by atoms with Crippen LogP contribution in [0.15, 0.2) is 41.5 Å². The summed E-state index contributed by atoms with van der Waals surface area (Å²) in [6, 6.07) is 11.2. The SMILES string of the molecule is CCNC(=NCCc1ncc(C)s1)NC1CCCN(Cc2ccccc2)C1.I. The Morgan fingerprint density at radius 2 is 2.14 bits per heavy atom. The Bertz CT molecular complexity index is 719. The number of aryl methyl sites for hydroxylation is 1. The second kappa shape index (κ2) is 12.4. The highest BCUT2D eigenvalue weighted by Gasteiger charge is 2.20. The molecule has 0 spiro atoms.